The van der Waals surface area contributed by atoms with Gasteiger partial charge in [0.15, 0.2) is 0 Å². The number of non-ortho nitro benzene ring substituents is 1. The number of aromatic amines is 1. The molecule has 0 aliphatic heterocycles. The van der Waals surface area contributed by atoms with Crippen LogP contribution < -0.4 is 9.46 Å². The Morgan fingerprint density at radius 3 is 2.62 bits per heavy atom. The molecule has 0 saturated heterocycles. The van der Waals surface area contributed by atoms with E-state index in [1.807, 2.05) is 0 Å². The monoisotopic (exact) mass is 313 g/mol. The number of anilines is 1. The first-order chi connectivity index (χ1) is 9.92. The predicted molar refractivity (Wildman–Crippen MR) is 71.5 cm³/mol. The first-order valence-corrected chi connectivity index (χ1v) is 7.23. The van der Waals surface area contributed by atoms with E-state index in [0.717, 1.165) is 24.3 Å². The average molecular weight is 313 g/mol. The van der Waals surface area contributed by atoms with E-state index >= 15 is 0 Å². The Bertz CT molecular complexity index is 739. The summed E-state index contributed by atoms with van der Waals surface area (Å²) < 4.78 is 31.2. The van der Waals surface area contributed by atoms with Gasteiger partial charge in [0, 0.05) is 12.1 Å². The van der Waals surface area contributed by atoms with Gasteiger partial charge in [-0.1, -0.05) is 0 Å². The number of nitrogens with one attached hydrogen (secondary N) is 2. The van der Waals surface area contributed by atoms with Gasteiger partial charge in [0.25, 0.3) is 15.7 Å². The van der Waals surface area contributed by atoms with E-state index in [1.54, 1.807) is 6.92 Å². The number of nitro groups is 1. The number of nitrogens with zero attached hydrogens (tertiary/aromatic N) is 3. The SMILES string of the molecule is CCOc1n[nH]c(NS(=O)(=O)c2ccc([N+](=O)[O-])cc2)n1. The van der Waals surface area contributed by atoms with Crippen molar-refractivity contribution < 1.29 is 18.1 Å². The molecule has 2 N–H and O–H groups in total. The summed E-state index contributed by atoms with van der Waals surface area (Å²) in [5.74, 6) is -0.114. The highest BCUT2D eigenvalue weighted by molar-refractivity contribution is 7.92. The topological polar surface area (TPSA) is 140 Å². The fourth-order valence-electron chi connectivity index (χ4n) is 1.42. The van der Waals surface area contributed by atoms with Crippen LogP contribution in [0.15, 0.2) is 29.2 Å². The van der Waals surface area contributed by atoms with Crippen LogP contribution in [0.1, 0.15) is 6.92 Å². The number of hydrogen-bond donors (Lipinski definition) is 2. The molecule has 2 rings (SSSR count). The number of hydrogen-bond acceptors (Lipinski definition) is 7. The number of aromatic nitrogens is 3. The molecule has 0 fully saturated rings. The molecule has 112 valence electrons. The Balaban J connectivity index is 2.18. The molecule has 0 saturated carbocycles. The first kappa shape index (κ1) is 14.7. The fraction of sp³-hybridized carbons (Fsp3) is 0.200. The molecular formula is C10H11N5O5S. The van der Waals surface area contributed by atoms with Crippen LogP contribution in [-0.2, 0) is 10.0 Å². The molecule has 0 spiro atoms. The maximum atomic E-state index is 12.0. The standard InChI is InChI=1S/C10H11N5O5S/c1-2-20-10-11-9(12-13-10)14-21(18,19)8-5-3-7(4-6-8)15(16)17/h3-6H,2H2,1H3,(H2,11,12,13,14). The zero-order chi connectivity index (χ0) is 15.5. The molecule has 2 aromatic rings. The molecular weight excluding hydrogens is 302 g/mol. The Labute approximate surface area is 119 Å². The molecule has 0 aliphatic carbocycles. The largest absolute Gasteiger partial charge is 0.463 e. The second-order valence-electron chi connectivity index (χ2n) is 3.76. The first-order valence-electron chi connectivity index (χ1n) is 5.75. The van der Waals surface area contributed by atoms with Crippen molar-refractivity contribution in [3.8, 4) is 6.01 Å². The zero-order valence-corrected chi connectivity index (χ0v) is 11.6. The summed E-state index contributed by atoms with van der Waals surface area (Å²) in [6, 6.07) is 4.46. The normalized spacial score (nSPS) is 11.1. The van der Waals surface area contributed by atoms with Gasteiger partial charge in [0.1, 0.15) is 0 Å². The van der Waals surface area contributed by atoms with Crippen LogP contribution >= 0.6 is 0 Å². The summed E-state index contributed by atoms with van der Waals surface area (Å²) in [6.07, 6.45) is 0. The van der Waals surface area contributed by atoms with E-state index in [-0.39, 0.29) is 22.5 Å². The van der Waals surface area contributed by atoms with Crippen molar-refractivity contribution in [3.05, 3.63) is 34.4 Å². The van der Waals surface area contributed by atoms with Gasteiger partial charge in [-0.2, -0.15) is 4.98 Å². The number of rotatable bonds is 6. The average Bonchev–Trinajstić information content (AvgIpc) is 2.86. The summed E-state index contributed by atoms with van der Waals surface area (Å²) >= 11 is 0. The second kappa shape index (κ2) is 5.75. The summed E-state index contributed by atoms with van der Waals surface area (Å²) in [4.78, 5) is 13.5. The third-order valence-electron chi connectivity index (χ3n) is 2.33. The van der Waals surface area contributed by atoms with Crippen molar-refractivity contribution in [2.24, 2.45) is 0 Å². The van der Waals surface area contributed by atoms with Gasteiger partial charge in [-0.15, -0.1) is 5.10 Å². The van der Waals surface area contributed by atoms with Crippen molar-refractivity contribution in [3.63, 3.8) is 0 Å². The molecule has 0 atom stereocenters. The Kier molecular flexibility index (Phi) is 4.03. The minimum atomic E-state index is -3.92. The number of benzene rings is 1. The van der Waals surface area contributed by atoms with Crippen LogP contribution in [0.3, 0.4) is 0 Å². The lowest BCUT2D eigenvalue weighted by Gasteiger charge is -2.04. The highest BCUT2D eigenvalue weighted by Crippen LogP contribution is 2.18. The zero-order valence-electron chi connectivity index (χ0n) is 10.8. The van der Waals surface area contributed by atoms with E-state index < -0.39 is 14.9 Å². The van der Waals surface area contributed by atoms with Crippen LogP contribution in [0, 0.1) is 10.1 Å². The number of H-pyrrole nitrogens is 1. The third kappa shape index (κ3) is 3.45. The summed E-state index contributed by atoms with van der Waals surface area (Å²) in [7, 11) is -3.92. The quantitative estimate of drug-likeness (QED) is 0.596. The highest BCUT2D eigenvalue weighted by atomic mass is 32.2. The third-order valence-corrected chi connectivity index (χ3v) is 3.68. The maximum Gasteiger partial charge on any atom is 0.337 e. The molecule has 0 unspecified atom stereocenters. The molecule has 10 nitrogen and oxygen atoms in total. The molecule has 0 amide bonds. The molecule has 21 heavy (non-hydrogen) atoms. The smallest absolute Gasteiger partial charge is 0.337 e. The predicted octanol–water partition coefficient (Wildman–Crippen LogP) is 0.912. The van der Waals surface area contributed by atoms with E-state index in [4.69, 9.17) is 4.74 Å². The van der Waals surface area contributed by atoms with Gasteiger partial charge in [0.05, 0.1) is 16.4 Å². The van der Waals surface area contributed by atoms with Crippen LogP contribution in [0.25, 0.3) is 0 Å². The molecule has 1 aromatic carbocycles. The lowest BCUT2D eigenvalue weighted by Crippen LogP contribution is -2.14. The van der Waals surface area contributed by atoms with Gasteiger partial charge in [-0.05, 0) is 19.1 Å². The van der Waals surface area contributed by atoms with Crippen molar-refractivity contribution in [1.82, 2.24) is 15.2 Å². The van der Waals surface area contributed by atoms with Gasteiger partial charge in [-0.3, -0.25) is 10.1 Å². The van der Waals surface area contributed by atoms with E-state index in [2.05, 4.69) is 19.9 Å². The minimum Gasteiger partial charge on any atom is -0.463 e. The second-order valence-corrected chi connectivity index (χ2v) is 5.44. The van der Waals surface area contributed by atoms with Crippen molar-refractivity contribution in [1.29, 1.82) is 0 Å². The highest BCUT2D eigenvalue weighted by Gasteiger charge is 2.18. The van der Waals surface area contributed by atoms with E-state index in [1.165, 1.54) is 0 Å². The van der Waals surface area contributed by atoms with Crippen molar-refractivity contribution >= 4 is 21.7 Å². The van der Waals surface area contributed by atoms with Gasteiger partial charge < -0.3 is 4.74 Å². The summed E-state index contributed by atoms with van der Waals surface area (Å²) in [5, 5.41) is 16.5. The van der Waals surface area contributed by atoms with Gasteiger partial charge in [0.2, 0.25) is 5.95 Å². The van der Waals surface area contributed by atoms with E-state index in [0.29, 0.717) is 6.61 Å². The Hall–Kier alpha value is -2.69. The minimum absolute atomic E-state index is 0.0129. The fourth-order valence-corrected chi connectivity index (χ4v) is 2.38. The number of nitro benzene ring substituents is 1. The van der Waals surface area contributed by atoms with Crippen LogP contribution in [-0.4, -0.2) is 35.1 Å². The van der Waals surface area contributed by atoms with Crippen LogP contribution in [0.4, 0.5) is 11.6 Å². The summed E-state index contributed by atoms with van der Waals surface area (Å²) in [6.45, 7) is 2.07. The van der Waals surface area contributed by atoms with E-state index in [9.17, 15) is 18.5 Å². The van der Waals surface area contributed by atoms with Crippen LogP contribution in [0.2, 0.25) is 0 Å². The molecule has 0 radical (unpaired) electrons. The lowest BCUT2D eigenvalue weighted by atomic mass is 10.3. The van der Waals surface area contributed by atoms with Crippen molar-refractivity contribution in [2.45, 2.75) is 11.8 Å². The molecule has 11 heteroatoms. The van der Waals surface area contributed by atoms with Crippen molar-refractivity contribution in [2.75, 3.05) is 11.3 Å². The maximum absolute atomic E-state index is 12.0. The Morgan fingerprint density at radius 1 is 1.38 bits per heavy atom. The molecule has 1 aromatic heterocycles. The molecule has 0 aliphatic rings. The van der Waals surface area contributed by atoms with Gasteiger partial charge in [-0.25, -0.2) is 18.2 Å². The lowest BCUT2D eigenvalue weighted by molar-refractivity contribution is -0.384. The number of sulfonamides is 1. The van der Waals surface area contributed by atoms with Crippen LogP contribution in [0.5, 0.6) is 6.01 Å². The summed E-state index contributed by atoms with van der Waals surface area (Å²) in [5.41, 5.74) is -0.202. The Morgan fingerprint density at radius 2 is 2.05 bits per heavy atom. The molecule has 0 bridgehead atoms. The van der Waals surface area contributed by atoms with Gasteiger partial charge >= 0.3 is 6.01 Å². The molecule has 1 heterocycles. The number of ether oxygens (including phenoxy) is 1.